The zero-order chi connectivity index (χ0) is 14.2. The fourth-order valence-corrected chi connectivity index (χ4v) is 2.22. The van der Waals surface area contributed by atoms with Crippen molar-refractivity contribution in [3.8, 4) is 5.75 Å². The van der Waals surface area contributed by atoms with Crippen molar-refractivity contribution in [2.45, 2.75) is 6.92 Å². The Bertz CT molecular complexity index is 632. The van der Waals surface area contributed by atoms with E-state index in [0.717, 1.165) is 21.6 Å². The van der Waals surface area contributed by atoms with Crippen LogP contribution in [0, 0.1) is 6.92 Å². The van der Waals surface area contributed by atoms with Crippen LogP contribution in [0.4, 0.5) is 0 Å². The molecule has 2 rings (SSSR count). The highest BCUT2D eigenvalue weighted by Gasteiger charge is 2.15. The van der Waals surface area contributed by atoms with Gasteiger partial charge in [0.05, 0.1) is 10.5 Å². The van der Waals surface area contributed by atoms with Crippen molar-refractivity contribution in [1.82, 2.24) is 9.47 Å². The number of nitrogens with zero attached hydrogens (tertiary/aromatic N) is 2. The van der Waals surface area contributed by atoms with Crippen LogP contribution in [0.1, 0.15) is 5.69 Å². The van der Waals surface area contributed by atoms with Gasteiger partial charge >= 0.3 is 0 Å². The van der Waals surface area contributed by atoms with Crippen LogP contribution >= 0.6 is 11.6 Å². The molecule has 5 heteroatoms. The fourth-order valence-electron chi connectivity index (χ4n) is 1.94. The van der Waals surface area contributed by atoms with Crippen LogP contribution in [-0.2, 0) is 11.8 Å². The van der Waals surface area contributed by atoms with Gasteiger partial charge in [-0.2, -0.15) is 0 Å². The van der Waals surface area contributed by atoms with Crippen LogP contribution in [0.25, 0.3) is 10.9 Å². The summed E-state index contributed by atoms with van der Waals surface area (Å²) in [7, 11) is 5.34. The van der Waals surface area contributed by atoms with Crippen LogP contribution in [0.3, 0.4) is 0 Å². The molecule has 0 bridgehead atoms. The summed E-state index contributed by atoms with van der Waals surface area (Å²) in [6, 6.07) is 5.68. The van der Waals surface area contributed by atoms with E-state index in [1.807, 2.05) is 36.7 Å². The van der Waals surface area contributed by atoms with Gasteiger partial charge in [-0.3, -0.25) is 4.79 Å². The van der Waals surface area contributed by atoms with Crippen LogP contribution in [0.2, 0.25) is 5.02 Å². The molecule has 0 saturated heterocycles. The number of likely N-dealkylation sites (N-methyl/N-ethyl adjacent to an activating group) is 1. The van der Waals surface area contributed by atoms with Crippen molar-refractivity contribution in [3.63, 3.8) is 0 Å². The highest BCUT2D eigenvalue weighted by atomic mass is 35.5. The molecule has 0 aliphatic rings. The van der Waals surface area contributed by atoms with Gasteiger partial charge in [0.1, 0.15) is 5.75 Å². The lowest BCUT2D eigenvalue weighted by Gasteiger charge is -2.12. The number of carbonyl (C=O) groups is 1. The molecule has 4 nitrogen and oxygen atoms in total. The first-order valence-corrected chi connectivity index (χ1v) is 6.37. The third kappa shape index (κ3) is 2.40. The Balaban J connectivity index is 2.39. The quantitative estimate of drug-likeness (QED) is 0.866. The van der Waals surface area contributed by atoms with Gasteiger partial charge in [0, 0.05) is 32.2 Å². The van der Waals surface area contributed by atoms with E-state index >= 15 is 0 Å². The normalized spacial score (nSPS) is 10.8. The van der Waals surface area contributed by atoms with Crippen LogP contribution < -0.4 is 4.74 Å². The largest absolute Gasteiger partial charge is 0.482 e. The smallest absolute Gasteiger partial charge is 0.259 e. The molecule has 1 heterocycles. The Labute approximate surface area is 117 Å². The SMILES string of the molecule is Cc1c(Cl)c2cccc(OCC(=O)N(C)C)c2n1C. The van der Waals surface area contributed by atoms with E-state index in [4.69, 9.17) is 16.3 Å². The summed E-state index contributed by atoms with van der Waals surface area (Å²) in [4.78, 5) is 13.1. The molecule has 2 aromatic rings. The fraction of sp³-hybridized carbons (Fsp3) is 0.357. The highest BCUT2D eigenvalue weighted by Crippen LogP contribution is 2.34. The van der Waals surface area contributed by atoms with E-state index in [-0.39, 0.29) is 12.5 Å². The zero-order valence-electron chi connectivity index (χ0n) is 11.5. The van der Waals surface area contributed by atoms with Crippen molar-refractivity contribution in [3.05, 3.63) is 28.9 Å². The van der Waals surface area contributed by atoms with Gasteiger partial charge in [-0.1, -0.05) is 23.7 Å². The standard InChI is InChI=1S/C14H17ClN2O2/c1-9-13(15)10-6-5-7-11(14(10)17(9)4)19-8-12(18)16(2)3/h5-7H,8H2,1-4H3. The Morgan fingerprint density at radius 3 is 2.74 bits per heavy atom. The van der Waals surface area contributed by atoms with Gasteiger partial charge in [0.25, 0.3) is 5.91 Å². The van der Waals surface area contributed by atoms with Crippen LogP contribution in [0.15, 0.2) is 18.2 Å². The molecule has 19 heavy (non-hydrogen) atoms. The molecule has 0 aliphatic heterocycles. The number of rotatable bonds is 3. The molecule has 1 amide bonds. The van der Waals surface area contributed by atoms with Crippen molar-refractivity contribution < 1.29 is 9.53 Å². The van der Waals surface area contributed by atoms with Gasteiger partial charge in [0.2, 0.25) is 0 Å². The molecule has 0 aliphatic carbocycles. The number of amides is 1. The Morgan fingerprint density at radius 2 is 2.11 bits per heavy atom. The number of halogens is 1. The maximum absolute atomic E-state index is 11.6. The third-order valence-corrected chi connectivity index (χ3v) is 3.72. The highest BCUT2D eigenvalue weighted by molar-refractivity contribution is 6.36. The lowest BCUT2D eigenvalue weighted by atomic mass is 10.2. The summed E-state index contributed by atoms with van der Waals surface area (Å²) < 4.78 is 7.60. The van der Waals surface area contributed by atoms with Gasteiger partial charge in [-0.05, 0) is 13.0 Å². The number of para-hydroxylation sites is 1. The molecule has 1 aromatic carbocycles. The van der Waals surface area contributed by atoms with Crippen molar-refractivity contribution in [2.24, 2.45) is 7.05 Å². The molecule has 0 spiro atoms. The number of benzene rings is 1. The Morgan fingerprint density at radius 1 is 1.42 bits per heavy atom. The molecule has 0 N–H and O–H groups in total. The topological polar surface area (TPSA) is 34.5 Å². The monoisotopic (exact) mass is 280 g/mol. The second kappa shape index (κ2) is 5.13. The number of hydrogen-bond donors (Lipinski definition) is 0. The Hall–Kier alpha value is -1.68. The number of aryl methyl sites for hydroxylation is 1. The Kier molecular flexibility index (Phi) is 3.71. The van der Waals surface area contributed by atoms with Crippen LogP contribution in [-0.4, -0.2) is 36.1 Å². The predicted molar refractivity (Wildman–Crippen MR) is 76.9 cm³/mol. The third-order valence-electron chi connectivity index (χ3n) is 3.24. The van der Waals surface area contributed by atoms with Gasteiger partial charge in [-0.15, -0.1) is 0 Å². The molecule has 0 saturated carbocycles. The molecule has 0 atom stereocenters. The molecular formula is C14H17ClN2O2. The lowest BCUT2D eigenvalue weighted by molar-refractivity contribution is -0.130. The molecule has 102 valence electrons. The summed E-state index contributed by atoms with van der Waals surface area (Å²) in [5, 5.41) is 1.67. The molecular weight excluding hydrogens is 264 g/mol. The van der Waals surface area contributed by atoms with Gasteiger partial charge < -0.3 is 14.2 Å². The lowest BCUT2D eigenvalue weighted by Crippen LogP contribution is -2.27. The van der Waals surface area contributed by atoms with Gasteiger partial charge in [0.15, 0.2) is 6.61 Å². The number of hydrogen-bond acceptors (Lipinski definition) is 2. The molecule has 1 aromatic heterocycles. The second-order valence-electron chi connectivity index (χ2n) is 4.69. The van der Waals surface area contributed by atoms with Crippen molar-refractivity contribution in [1.29, 1.82) is 0 Å². The maximum Gasteiger partial charge on any atom is 0.259 e. The summed E-state index contributed by atoms with van der Waals surface area (Å²) in [6.45, 7) is 1.98. The molecule has 0 fully saturated rings. The van der Waals surface area contributed by atoms with Crippen LogP contribution in [0.5, 0.6) is 5.75 Å². The predicted octanol–water partition coefficient (Wildman–Crippen LogP) is 2.61. The number of carbonyl (C=O) groups excluding carboxylic acids is 1. The summed E-state index contributed by atoms with van der Waals surface area (Å²) >= 11 is 6.28. The van der Waals surface area contributed by atoms with E-state index in [1.54, 1.807) is 14.1 Å². The first-order chi connectivity index (χ1) is 8.93. The van der Waals surface area contributed by atoms with Crippen molar-refractivity contribution >= 4 is 28.4 Å². The van der Waals surface area contributed by atoms with E-state index < -0.39 is 0 Å². The number of ether oxygens (including phenoxy) is 1. The zero-order valence-corrected chi connectivity index (χ0v) is 12.3. The molecule has 0 radical (unpaired) electrons. The van der Waals surface area contributed by atoms with E-state index in [9.17, 15) is 4.79 Å². The first kappa shape index (κ1) is 13.7. The number of aromatic nitrogens is 1. The number of fused-ring (bicyclic) bond motifs is 1. The van der Waals surface area contributed by atoms with E-state index in [1.165, 1.54) is 4.90 Å². The minimum absolute atomic E-state index is 0.0218. The average Bonchev–Trinajstić information content (AvgIpc) is 2.61. The van der Waals surface area contributed by atoms with Gasteiger partial charge in [-0.25, -0.2) is 0 Å². The van der Waals surface area contributed by atoms with E-state index in [2.05, 4.69) is 0 Å². The van der Waals surface area contributed by atoms with E-state index in [0.29, 0.717) is 5.75 Å². The van der Waals surface area contributed by atoms with Crippen molar-refractivity contribution in [2.75, 3.05) is 20.7 Å². The first-order valence-electron chi connectivity index (χ1n) is 6.00. The summed E-state index contributed by atoms with van der Waals surface area (Å²) in [6.07, 6.45) is 0. The minimum atomic E-state index is -0.0750. The summed E-state index contributed by atoms with van der Waals surface area (Å²) in [5.74, 6) is 0.597. The minimum Gasteiger partial charge on any atom is -0.482 e. The maximum atomic E-state index is 11.6. The second-order valence-corrected chi connectivity index (χ2v) is 5.07. The molecule has 0 unspecified atom stereocenters. The average molecular weight is 281 g/mol. The summed E-state index contributed by atoms with van der Waals surface area (Å²) in [5.41, 5.74) is 1.89.